The van der Waals surface area contributed by atoms with E-state index in [-0.39, 0.29) is 35.4 Å². The fourth-order valence-electron chi connectivity index (χ4n) is 2.36. The van der Waals surface area contributed by atoms with Crippen molar-refractivity contribution in [3.8, 4) is 0 Å². The van der Waals surface area contributed by atoms with Crippen molar-refractivity contribution in [3.05, 3.63) is 27.5 Å². The van der Waals surface area contributed by atoms with Gasteiger partial charge in [-0.1, -0.05) is 11.6 Å². The van der Waals surface area contributed by atoms with E-state index in [1.807, 2.05) is 0 Å². The highest BCUT2D eigenvalue weighted by Crippen LogP contribution is 2.33. The summed E-state index contributed by atoms with van der Waals surface area (Å²) in [4.78, 5) is 25.0. The lowest BCUT2D eigenvalue weighted by molar-refractivity contribution is -0.384. The first-order valence-electron chi connectivity index (χ1n) is 6.34. The van der Waals surface area contributed by atoms with Crippen LogP contribution in [0.2, 0.25) is 5.15 Å². The van der Waals surface area contributed by atoms with Crippen molar-refractivity contribution in [2.24, 2.45) is 0 Å². The van der Waals surface area contributed by atoms with Crippen LogP contribution in [0.25, 0.3) is 0 Å². The summed E-state index contributed by atoms with van der Waals surface area (Å²) in [5, 5.41) is 32.8. The van der Waals surface area contributed by atoms with Crippen molar-refractivity contribution in [3.63, 3.8) is 0 Å². The number of rotatable bonds is 4. The summed E-state index contributed by atoms with van der Waals surface area (Å²) < 4.78 is 0. The normalized spacial score (nSPS) is 25.3. The Hall–Kier alpha value is -1.93. The van der Waals surface area contributed by atoms with Crippen LogP contribution < -0.4 is 5.32 Å². The van der Waals surface area contributed by atoms with E-state index in [1.165, 1.54) is 6.07 Å². The lowest BCUT2D eigenvalue weighted by Crippen LogP contribution is -2.44. The van der Waals surface area contributed by atoms with Gasteiger partial charge >= 0.3 is 11.7 Å². The van der Waals surface area contributed by atoms with Crippen LogP contribution in [0.5, 0.6) is 0 Å². The summed E-state index contributed by atoms with van der Waals surface area (Å²) in [5.74, 6) is -1.24. The number of aliphatic carboxylic acids is 1. The molecule has 1 aliphatic rings. The average molecular weight is 316 g/mol. The van der Waals surface area contributed by atoms with Gasteiger partial charge in [0.15, 0.2) is 5.60 Å². The molecule has 8 nitrogen and oxygen atoms in total. The molecule has 1 aromatic rings. The maximum absolute atomic E-state index is 10.9. The molecule has 0 aromatic carbocycles. The topological polar surface area (TPSA) is 126 Å². The van der Waals surface area contributed by atoms with Crippen LogP contribution in [0.3, 0.4) is 0 Å². The third kappa shape index (κ3) is 3.40. The van der Waals surface area contributed by atoms with Crippen molar-refractivity contribution in [2.75, 3.05) is 5.32 Å². The third-order valence-electron chi connectivity index (χ3n) is 3.62. The molecule has 0 saturated heterocycles. The average Bonchev–Trinajstić information content (AvgIpc) is 2.41. The molecule has 9 heteroatoms. The molecule has 1 saturated carbocycles. The smallest absolute Gasteiger partial charge is 0.335 e. The first-order chi connectivity index (χ1) is 9.82. The van der Waals surface area contributed by atoms with Gasteiger partial charge in [-0.15, -0.1) is 0 Å². The van der Waals surface area contributed by atoms with Gasteiger partial charge in [-0.2, -0.15) is 0 Å². The van der Waals surface area contributed by atoms with Gasteiger partial charge in [0.1, 0.15) is 17.0 Å². The Balaban J connectivity index is 2.09. The van der Waals surface area contributed by atoms with Crippen LogP contribution in [-0.2, 0) is 4.79 Å². The maximum atomic E-state index is 10.9. The molecule has 3 N–H and O–H groups in total. The van der Waals surface area contributed by atoms with E-state index in [0.717, 1.165) is 6.20 Å². The molecule has 1 fully saturated rings. The summed E-state index contributed by atoms with van der Waals surface area (Å²) in [7, 11) is 0. The second kappa shape index (κ2) is 5.82. The number of pyridine rings is 1. The number of nitro groups is 1. The Bertz CT molecular complexity index is 572. The zero-order valence-electron chi connectivity index (χ0n) is 11.0. The van der Waals surface area contributed by atoms with Gasteiger partial charge in [0.05, 0.1) is 4.92 Å². The zero-order valence-corrected chi connectivity index (χ0v) is 11.7. The van der Waals surface area contributed by atoms with Gasteiger partial charge in [0, 0.05) is 12.1 Å². The highest BCUT2D eigenvalue weighted by Gasteiger charge is 2.40. The molecular weight excluding hydrogens is 302 g/mol. The third-order valence-corrected chi connectivity index (χ3v) is 3.82. The van der Waals surface area contributed by atoms with Crippen LogP contribution in [0.4, 0.5) is 11.4 Å². The number of anilines is 1. The van der Waals surface area contributed by atoms with E-state index in [9.17, 15) is 20.0 Å². The summed E-state index contributed by atoms with van der Waals surface area (Å²) in [6.07, 6.45) is 2.03. The molecular formula is C12H14ClN3O5. The van der Waals surface area contributed by atoms with E-state index in [4.69, 9.17) is 16.7 Å². The monoisotopic (exact) mass is 315 g/mol. The summed E-state index contributed by atoms with van der Waals surface area (Å²) >= 11 is 5.73. The Kier molecular flexibility index (Phi) is 4.29. The van der Waals surface area contributed by atoms with Gasteiger partial charge in [0.25, 0.3) is 0 Å². The van der Waals surface area contributed by atoms with E-state index < -0.39 is 16.5 Å². The van der Waals surface area contributed by atoms with Gasteiger partial charge < -0.3 is 15.5 Å². The summed E-state index contributed by atoms with van der Waals surface area (Å²) in [6, 6.07) is 1.19. The maximum Gasteiger partial charge on any atom is 0.335 e. The first-order valence-corrected chi connectivity index (χ1v) is 6.72. The number of carboxylic acid groups (broad SMARTS) is 1. The molecule has 0 unspecified atom stereocenters. The second-order valence-electron chi connectivity index (χ2n) is 5.04. The highest BCUT2D eigenvalue weighted by molar-refractivity contribution is 6.29. The van der Waals surface area contributed by atoms with E-state index in [2.05, 4.69) is 10.3 Å². The molecule has 2 rings (SSSR count). The molecule has 1 aliphatic carbocycles. The standard InChI is InChI=1S/C12H14ClN3O5/c13-10-5-8(9(6-14-10)16(20)21)15-7-1-3-12(19,4-2-7)11(17)18/h5-7,19H,1-4H2,(H,14,15)(H,17,18). The Labute approximate surface area is 124 Å². The molecule has 0 amide bonds. The zero-order chi connectivity index (χ0) is 15.6. The number of hydrogen-bond acceptors (Lipinski definition) is 6. The number of nitrogens with one attached hydrogen (secondary N) is 1. The summed E-state index contributed by atoms with van der Waals surface area (Å²) in [6.45, 7) is 0. The number of hydrogen-bond donors (Lipinski definition) is 3. The van der Waals surface area contributed by atoms with Crippen LogP contribution >= 0.6 is 11.6 Å². The highest BCUT2D eigenvalue weighted by atomic mass is 35.5. The number of carbonyl (C=O) groups is 1. The van der Waals surface area contributed by atoms with Crippen LogP contribution in [-0.4, -0.2) is 37.7 Å². The Morgan fingerprint density at radius 3 is 2.67 bits per heavy atom. The molecule has 114 valence electrons. The summed E-state index contributed by atoms with van der Waals surface area (Å²) in [5.41, 5.74) is -1.66. The van der Waals surface area contributed by atoms with Crippen molar-refractivity contribution >= 4 is 28.9 Å². The number of nitrogens with zero attached hydrogens (tertiary/aromatic N) is 2. The predicted molar refractivity (Wildman–Crippen MR) is 74.4 cm³/mol. The number of carboxylic acids is 1. The molecule has 21 heavy (non-hydrogen) atoms. The van der Waals surface area contributed by atoms with Gasteiger partial charge in [-0.3, -0.25) is 10.1 Å². The molecule has 0 aliphatic heterocycles. The van der Waals surface area contributed by atoms with E-state index in [1.54, 1.807) is 0 Å². The van der Waals surface area contributed by atoms with Crippen LogP contribution in [0, 0.1) is 10.1 Å². The van der Waals surface area contributed by atoms with E-state index >= 15 is 0 Å². The minimum Gasteiger partial charge on any atom is -0.479 e. The van der Waals surface area contributed by atoms with Crippen molar-refractivity contribution in [1.29, 1.82) is 0 Å². The van der Waals surface area contributed by atoms with Crippen LogP contribution in [0.15, 0.2) is 12.3 Å². The Morgan fingerprint density at radius 1 is 1.52 bits per heavy atom. The SMILES string of the molecule is O=C(O)C1(O)CCC(Nc2cc(Cl)ncc2[N+](=O)[O-])CC1. The first kappa shape index (κ1) is 15.5. The van der Waals surface area contributed by atoms with Gasteiger partial charge in [-0.05, 0) is 25.7 Å². The van der Waals surface area contributed by atoms with Gasteiger partial charge in [-0.25, -0.2) is 9.78 Å². The number of halogens is 1. The Morgan fingerprint density at radius 2 is 2.14 bits per heavy atom. The van der Waals surface area contributed by atoms with Crippen molar-refractivity contribution in [2.45, 2.75) is 37.3 Å². The number of aliphatic hydroxyl groups is 1. The molecule has 0 atom stereocenters. The van der Waals surface area contributed by atoms with Crippen LogP contribution in [0.1, 0.15) is 25.7 Å². The minimum atomic E-state index is -1.71. The second-order valence-corrected chi connectivity index (χ2v) is 5.42. The van der Waals surface area contributed by atoms with Gasteiger partial charge in [0.2, 0.25) is 0 Å². The number of aromatic nitrogens is 1. The van der Waals surface area contributed by atoms with Crippen molar-refractivity contribution < 1.29 is 19.9 Å². The molecule has 1 aromatic heterocycles. The predicted octanol–water partition coefficient (Wildman–Crippen LogP) is 1.81. The molecule has 0 radical (unpaired) electrons. The van der Waals surface area contributed by atoms with Crippen molar-refractivity contribution in [1.82, 2.24) is 4.98 Å². The fraction of sp³-hybridized carbons (Fsp3) is 0.500. The molecule has 0 spiro atoms. The fourth-order valence-corrected chi connectivity index (χ4v) is 2.52. The molecule has 1 heterocycles. The molecule has 0 bridgehead atoms. The lowest BCUT2D eigenvalue weighted by Gasteiger charge is -2.33. The minimum absolute atomic E-state index is 0.0899. The van der Waals surface area contributed by atoms with E-state index in [0.29, 0.717) is 12.8 Å². The quantitative estimate of drug-likeness (QED) is 0.439. The lowest BCUT2D eigenvalue weighted by atomic mass is 9.82. The largest absolute Gasteiger partial charge is 0.479 e.